The second-order valence-corrected chi connectivity index (χ2v) is 13.5. The van der Waals surface area contributed by atoms with Gasteiger partial charge in [-0.2, -0.15) is 0 Å². The zero-order valence-electron chi connectivity index (χ0n) is 28.0. The summed E-state index contributed by atoms with van der Waals surface area (Å²) in [6, 6.07) is -0.771. The molecule has 3 atom stereocenters. The van der Waals surface area contributed by atoms with Crippen molar-refractivity contribution in [2.45, 2.75) is 180 Å². The van der Waals surface area contributed by atoms with Crippen LogP contribution in [0, 0.1) is 0 Å². The molecule has 0 aromatic heterocycles. The van der Waals surface area contributed by atoms with Gasteiger partial charge in [0.25, 0.3) is 0 Å². The first-order chi connectivity index (χ1) is 20.9. The first-order valence-electron chi connectivity index (χ1n) is 17.8. The van der Waals surface area contributed by atoms with Crippen molar-refractivity contribution in [3.8, 4) is 0 Å². The van der Waals surface area contributed by atoms with E-state index < -0.39 is 20.0 Å². The average molecular weight is 633 g/mol. The number of nitrogens with one attached hydrogen (secondary N) is 1. The van der Waals surface area contributed by atoms with Crippen LogP contribution in [-0.4, -0.2) is 47.8 Å². The van der Waals surface area contributed by atoms with Gasteiger partial charge in [-0.15, -0.1) is 0 Å². The predicted octanol–water partition coefficient (Wildman–Crippen LogP) is 8.88. The van der Waals surface area contributed by atoms with Gasteiger partial charge in [0.1, 0.15) is 0 Å². The number of phosphoric acid groups is 1. The highest BCUT2D eigenvalue weighted by molar-refractivity contribution is 7.47. The fourth-order valence-corrected chi connectivity index (χ4v) is 5.89. The van der Waals surface area contributed by atoms with E-state index in [-0.39, 0.29) is 25.7 Å². The van der Waals surface area contributed by atoms with E-state index in [1.54, 1.807) is 0 Å². The first-order valence-corrected chi connectivity index (χ1v) is 19.3. The van der Waals surface area contributed by atoms with Gasteiger partial charge in [-0.25, -0.2) is 4.57 Å². The van der Waals surface area contributed by atoms with Crippen LogP contribution in [0.2, 0.25) is 0 Å². The van der Waals surface area contributed by atoms with Crippen LogP contribution in [0.5, 0.6) is 0 Å². The molecule has 8 nitrogen and oxygen atoms in total. The normalized spacial score (nSPS) is 14.6. The van der Waals surface area contributed by atoms with Crippen LogP contribution in [-0.2, 0) is 18.4 Å². The van der Waals surface area contributed by atoms with Gasteiger partial charge in [-0.3, -0.25) is 13.8 Å². The molecular formula is C34H69N2O6P. The molecule has 43 heavy (non-hydrogen) atoms. The van der Waals surface area contributed by atoms with Crippen LogP contribution in [0.1, 0.15) is 168 Å². The lowest BCUT2D eigenvalue weighted by molar-refractivity contribution is -0.123. The zero-order valence-corrected chi connectivity index (χ0v) is 28.8. The number of hydrogen-bond acceptors (Lipinski definition) is 6. The molecule has 5 N–H and O–H groups in total. The third-order valence-corrected chi connectivity index (χ3v) is 8.85. The topological polar surface area (TPSA) is 131 Å². The quantitative estimate of drug-likeness (QED) is 0.0323. The highest BCUT2D eigenvalue weighted by atomic mass is 31.2. The highest BCUT2D eigenvalue weighted by Crippen LogP contribution is 2.43. The lowest BCUT2D eigenvalue weighted by Crippen LogP contribution is -2.46. The Morgan fingerprint density at radius 3 is 1.72 bits per heavy atom. The molecule has 3 unspecified atom stereocenters. The maximum absolute atomic E-state index is 12.6. The number of aliphatic hydroxyl groups excluding tert-OH is 1. The Labute approximate surface area is 265 Å². The molecule has 0 spiro atoms. The third kappa shape index (κ3) is 29.7. The summed E-state index contributed by atoms with van der Waals surface area (Å²) < 4.78 is 22.0. The van der Waals surface area contributed by atoms with Gasteiger partial charge in [0.15, 0.2) is 0 Å². The predicted molar refractivity (Wildman–Crippen MR) is 180 cm³/mol. The number of unbranched alkanes of at least 4 members (excludes halogenated alkanes) is 19. The Hall–Kier alpha value is -0.760. The second kappa shape index (κ2) is 31.2. The fourth-order valence-electron chi connectivity index (χ4n) is 5.13. The number of nitrogens with two attached hydrogens (primary N) is 1. The Morgan fingerprint density at radius 2 is 1.21 bits per heavy atom. The van der Waals surface area contributed by atoms with Crippen molar-refractivity contribution in [2.24, 2.45) is 5.73 Å². The number of amides is 1. The molecule has 0 saturated carbocycles. The Morgan fingerprint density at radius 1 is 0.744 bits per heavy atom. The number of aliphatic hydroxyl groups is 1. The van der Waals surface area contributed by atoms with Crippen LogP contribution >= 0.6 is 7.82 Å². The number of carbonyl (C=O) groups is 1. The van der Waals surface area contributed by atoms with Gasteiger partial charge in [0.05, 0.1) is 25.4 Å². The maximum atomic E-state index is 12.6. The largest absolute Gasteiger partial charge is 0.472 e. The summed E-state index contributed by atoms with van der Waals surface area (Å²) in [5.41, 5.74) is 5.34. The van der Waals surface area contributed by atoms with Gasteiger partial charge in [-0.1, -0.05) is 135 Å². The van der Waals surface area contributed by atoms with Crippen LogP contribution in [0.3, 0.4) is 0 Å². The Bertz CT molecular complexity index is 694. The minimum Gasteiger partial charge on any atom is -0.391 e. The molecular weight excluding hydrogens is 563 g/mol. The van der Waals surface area contributed by atoms with E-state index in [4.69, 9.17) is 14.8 Å². The number of hydrogen-bond donors (Lipinski definition) is 4. The number of allylic oxidation sites excluding steroid dienone is 2. The van der Waals surface area contributed by atoms with Crippen LogP contribution in [0.25, 0.3) is 0 Å². The molecule has 0 aliphatic heterocycles. The summed E-state index contributed by atoms with van der Waals surface area (Å²) in [7, 11) is -4.30. The monoisotopic (exact) mass is 632 g/mol. The minimum absolute atomic E-state index is 0.0884. The van der Waals surface area contributed by atoms with Crippen molar-refractivity contribution in [3.63, 3.8) is 0 Å². The Kier molecular flexibility index (Phi) is 30.7. The second-order valence-electron chi connectivity index (χ2n) is 12.1. The zero-order chi connectivity index (χ0) is 31.9. The lowest BCUT2D eigenvalue weighted by Gasteiger charge is -2.25. The van der Waals surface area contributed by atoms with E-state index in [0.717, 1.165) is 51.4 Å². The van der Waals surface area contributed by atoms with E-state index in [1.165, 1.54) is 89.9 Å². The molecule has 0 aliphatic rings. The summed E-state index contributed by atoms with van der Waals surface area (Å²) in [5.74, 6) is -0.174. The van der Waals surface area contributed by atoms with E-state index in [9.17, 15) is 19.4 Å². The molecule has 0 saturated heterocycles. The van der Waals surface area contributed by atoms with Gasteiger partial charge in [-0.05, 0) is 38.5 Å². The van der Waals surface area contributed by atoms with Crippen molar-refractivity contribution in [1.82, 2.24) is 5.32 Å². The molecule has 0 radical (unpaired) electrons. The molecule has 0 heterocycles. The lowest BCUT2D eigenvalue weighted by atomic mass is 10.0. The van der Waals surface area contributed by atoms with E-state index in [1.807, 2.05) is 0 Å². The molecule has 0 fully saturated rings. The summed E-state index contributed by atoms with van der Waals surface area (Å²) in [4.78, 5) is 22.5. The van der Waals surface area contributed by atoms with Gasteiger partial charge >= 0.3 is 7.82 Å². The summed E-state index contributed by atoms with van der Waals surface area (Å²) in [6.45, 7) is 4.15. The molecule has 0 aromatic carbocycles. The van der Waals surface area contributed by atoms with Gasteiger partial charge in [0, 0.05) is 13.0 Å². The van der Waals surface area contributed by atoms with Crippen LogP contribution < -0.4 is 11.1 Å². The number of rotatable bonds is 33. The van der Waals surface area contributed by atoms with Crippen molar-refractivity contribution < 1.29 is 28.4 Å². The number of phosphoric ester groups is 1. The first kappa shape index (κ1) is 42.2. The van der Waals surface area contributed by atoms with Crippen LogP contribution in [0.15, 0.2) is 12.2 Å². The number of carbonyl (C=O) groups excluding carboxylic acids is 1. The van der Waals surface area contributed by atoms with Crippen molar-refractivity contribution in [2.75, 3.05) is 19.8 Å². The Balaban J connectivity index is 4.21. The maximum Gasteiger partial charge on any atom is 0.472 e. The highest BCUT2D eigenvalue weighted by Gasteiger charge is 2.27. The molecule has 0 bridgehead atoms. The standard InChI is InChI=1S/C34H69N2O6P/c1-3-5-7-9-11-13-14-15-16-17-18-19-20-22-24-26-28-34(38)36-32(31-42-43(39,40)41-30-29-35)33(37)27-25-23-21-12-10-8-6-4-2/h16-17,32-33,37H,3-15,18-31,35H2,1-2H3,(H,36,38)(H,39,40)/b17-16-. The van der Waals surface area contributed by atoms with E-state index >= 15 is 0 Å². The molecule has 1 amide bonds. The van der Waals surface area contributed by atoms with Gasteiger partial charge in [0.2, 0.25) is 5.91 Å². The van der Waals surface area contributed by atoms with Crippen LogP contribution in [0.4, 0.5) is 0 Å². The molecule has 0 aliphatic carbocycles. The average Bonchev–Trinajstić information content (AvgIpc) is 2.99. The fraction of sp³-hybridized carbons (Fsp3) is 0.912. The summed E-state index contributed by atoms with van der Waals surface area (Å²) in [5, 5.41) is 13.6. The van der Waals surface area contributed by atoms with Crippen molar-refractivity contribution in [3.05, 3.63) is 12.2 Å². The molecule has 0 aromatic rings. The summed E-state index contributed by atoms with van der Waals surface area (Å²) in [6.07, 6.45) is 30.8. The van der Waals surface area contributed by atoms with E-state index in [2.05, 4.69) is 31.3 Å². The van der Waals surface area contributed by atoms with Crippen molar-refractivity contribution in [1.29, 1.82) is 0 Å². The smallest absolute Gasteiger partial charge is 0.391 e. The van der Waals surface area contributed by atoms with Crippen molar-refractivity contribution >= 4 is 13.7 Å². The summed E-state index contributed by atoms with van der Waals surface area (Å²) >= 11 is 0. The van der Waals surface area contributed by atoms with E-state index in [0.29, 0.717) is 12.8 Å². The SMILES string of the molecule is CCCCCCCCC/C=C\CCCCCCCC(=O)NC(COP(=O)(O)OCCN)C(O)CCCCCCCCCC. The molecule has 9 heteroatoms. The molecule has 256 valence electrons. The minimum atomic E-state index is -4.30. The molecule has 0 rings (SSSR count). The third-order valence-electron chi connectivity index (χ3n) is 7.87. The van der Waals surface area contributed by atoms with Gasteiger partial charge < -0.3 is 21.1 Å².